The molecule has 2 fully saturated rings. The maximum Gasteiger partial charge on any atom is 0.222 e. The molecule has 0 saturated carbocycles. The second kappa shape index (κ2) is 12.6. The summed E-state index contributed by atoms with van der Waals surface area (Å²) in [5.74, 6) is 1.13. The first-order valence-corrected chi connectivity index (χ1v) is 12.2. The minimum atomic E-state index is 0. The number of rotatable bonds is 7. The summed E-state index contributed by atoms with van der Waals surface area (Å²) in [4.78, 5) is 20.8. The van der Waals surface area contributed by atoms with Gasteiger partial charge in [0.15, 0.2) is 5.96 Å². The zero-order chi connectivity index (χ0) is 21.5. The second-order valence-electron chi connectivity index (χ2n) is 8.49. The molecule has 2 aliphatic rings. The first-order chi connectivity index (χ1) is 15.2. The number of hydrogen-bond donors (Lipinski definition) is 2. The quantitative estimate of drug-likeness (QED) is 0.304. The Morgan fingerprint density at radius 3 is 2.62 bits per heavy atom. The standard InChI is InChI=1S/C24H33N5OS.HI/c1-25-24(27-22-7-11-28(12-8-22)16-21-9-13-31-18-21)26-15-19-4-2-5-20(14-19)17-29-10-3-6-23(29)30;/h2,4-5,9,13-14,18,22H,3,6-8,10-12,15-17H2,1H3,(H2,25,26,27);1H. The Kier molecular flexibility index (Phi) is 9.80. The van der Waals surface area contributed by atoms with E-state index in [2.05, 4.69) is 61.6 Å². The van der Waals surface area contributed by atoms with E-state index in [1.807, 2.05) is 11.9 Å². The van der Waals surface area contributed by atoms with E-state index in [1.54, 1.807) is 11.3 Å². The molecule has 0 spiro atoms. The van der Waals surface area contributed by atoms with Gasteiger partial charge in [-0.2, -0.15) is 11.3 Å². The molecule has 0 radical (unpaired) electrons. The number of amides is 1. The fourth-order valence-corrected chi connectivity index (χ4v) is 5.04. The van der Waals surface area contributed by atoms with Crippen LogP contribution < -0.4 is 10.6 Å². The van der Waals surface area contributed by atoms with Gasteiger partial charge in [-0.25, -0.2) is 0 Å². The first-order valence-electron chi connectivity index (χ1n) is 11.3. The van der Waals surface area contributed by atoms with E-state index in [4.69, 9.17) is 0 Å². The number of nitrogens with zero attached hydrogens (tertiary/aromatic N) is 3. The van der Waals surface area contributed by atoms with E-state index >= 15 is 0 Å². The molecular formula is C24H34IN5OS. The summed E-state index contributed by atoms with van der Waals surface area (Å²) < 4.78 is 0. The average molecular weight is 568 g/mol. The van der Waals surface area contributed by atoms with Gasteiger partial charge < -0.3 is 15.5 Å². The van der Waals surface area contributed by atoms with E-state index in [1.165, 1.54) is 16.7 Å². The lowest BCUT2D eigenvalue weighted by atomic mass is 10.0. The highest BCUT2D eigenvalue weighted by molar-refractivity contribution is 14.0. The van der Waals surface area contributed by atoms with Crippen molar-refractivity contribution in [2.24, 2.45) is 4.99 Å². The van der Waals surface area contributed by atoms with Gasteiger partial charge in [0.25, 0.3) is 0 Å². The zero-order valence-electron chi connectivity index (χ0n) is 18.8. The van der Waals surface area contributed by atoms with Crippen LogP contribution in [0.3, 0.4) is 0 Å². The van der Waals surface area contributed by atoms with Gasteiger partial charge in [0.2, 0.25) is 5.91 Å². The number of nitrogens with one attached hydrogen (secondary N) is 2. The Morgan fingerprint density at radius 2 is 1.94 bits per heavy atom. The molecule has 0 aliphatic carbocycles. The molecule has 1 aromatic heterocycles. The maximum atomic E-state index is 11.9. The third-order valence-electron chi connectivity index (χ3n) is 6.13. The monoisotopic (exact) mass is 567 g/mol. The van der Waals surface area contributed by atoms with Crippen LogP contribution in [0, 0.1) is 0 Å². The predicted octanol–water partition coefficient (Wildman–Crippen LogP) is 3.82. The molecule has 2 aliphatic heterocycles. The van der Waals surface area contributed by atoms with Crippen molar-refractivity contribution in [2.45, 2.75) is 51.4 Å². The number of piperidine rings is 1. The topological polar surface area (TPSA) is 60.0 Å². The van der Waals surface area contributed by atoms with Crippen LogP contribution in [-0.4, -0.2) is 54.4 Å². The summed E-state index contributed by atoms with van der Waals surface area (Å²) in [5.41, 5.74) is 3.82. The molecule has 0 unspecified atom stereocenters. The Balaban J connectivity index is 0.00000289. The molecule has 2 saturated heterocycles. The van der Waals surface area contributed by atoms with Crippen LogP contribution in [0.5, 0.6) is 0 Å². The number of carbonyl (C=O) groups is 1. The molecule has 8 heteroatoms. The van der Waals surface area contributed by atoms with E-state index in [9.17, 15) is 4.79 Å². The van der Waals surface area contributed by atoms with Gasteiger partial charge in [-0.1, -0.05) is 24.3 Å². The number of likely N-dealkylation sites (tertiary alicyclic amines) is 2. The summed E-state index contributed by atoms with van der Waals surface area (Å²) in [6.07, 6.45) is 3.93. The molecule has 3 heterocycles. The van der Waals surface area contributed by atoms with Crippen molar-refractivity contribution in [1.82, 2.24) is 20.4 Å². The number of carbonyl (C=O) groups excluding carboxylic acids is 1. The number of benzene rings is 1. The van der Waals surface area contributed by atoms with Crippen LogP contribution in [0.1, 0.15) is 42.4 Å². The van der Waals surface area contributed by atoms with E-state index in [-0.39, 0.29) is 29.9 Å². The first kappa shape index (κ1) is 25.0. The van der Waals surface area contributed by atoms with Gasteiger partial charge in [0, 0.05) is 58.8 Å². The van der Waals surface area contributed by atoms with Crippen molar-refractivity contribution in [2.75, 3.05) is 26.7 Å². The molecule has 0 atom stereocenters. The van der Waals surface area contributed by atoms with Gasteiger partial charge in [0.1, 0.15) is 0 Å². The predicted molar refractivity (Wildman–Crippen MR) is 142 cm³/mol. The Labute approximate surface area is 212 Å². The van der Waals surface area contributed by atoms with Crippen molar-refractivity contribution in [3.05, 3.63) is 57.8 Å². The van der Waals surface area contributed by atoms with Crippen molar-refractivity contribution in [3.63, 3.8) is 0 Å². The third kappa shape index (κ3) is 7.18. The van der Waals surface area contributed by atoms with Crippen molar-refractivity contribution < 1.29 is 4.79 Å². The number of thiophene rings is 1. The van der Waals surface area contributed by atoms with E-state index in [0.717, 1.165) is 57.9 Å². The molecule has 1 amide bonds. The molecule has 4 rings (SSSR count). The van der Waals surface area contributed by atoms with Crippen molar-refractivity contribution in [3.8, 4) is 0 Å². The van der Waals surface area contributed by atoms with Crippen LogP contribution in [0.15, 0.2) is 46.1 Å². The van der Waals surface area contributed by atoms with Crippen molar-refractivity contribution >= 4 is 47.2 Å². The minimum absolute atomic E-state index is 0. The largest absolute Gasteiger partial charge is 0.354 e. The molecule has 6 nitrogen and oxygen atoms in total. The van der Waals surface area contributed by atoms with Crippen LogP contribution in [-0.2, 0) is 24.4 Å². The van der Waals surface area contributed by atoms with E-state index in [0.29, 0.717) is 19.0 Å². The van der Waals surface area contributed by atoms with Crippen molar-refractivity contribution in [1.29, 1.82) is 0 Å². The zero-order valence-corrected chi connectivity index (χ0v) is 21.9. The molecule has 2 aromatic rings. The average Bonchev–Trinajstić information content (AvgIpc) is 3.44. The summed E-state index contributed by atoms with van der Waals surface area (Å²) >= 11 is 1.77. The fourth-order valence-electron chi connectivity index (χ4n) is 4.38. The van der Waals surface area contributed by atoms with Crippen LogP contribution in [0.2, 0.25) is 0 Å². The number of hydrogen-bond acceptors (Lipinski definition) is 4. The molecule has 174 valence electrons. The molecule has 32 heavy (non-hydrogen) atoms. The van der Waals surface area contributed by atoms with Crippen LogP contribution in [0.4, 0.5) is 0 Å². The highest BCUT2D eigenvalue weighted by atomic mass is 127. The van der Waals surface area contributed by atoms with Gasteiger partial charge in [-0.15, -0.1) is 24.0 Å². The lowest BCUT2D eigenvalue weighted by Crippen LogP contribution is -2.48. The molecular weight excluding hydrogens is 533 g/mol. The smallest absolute Gasteiger partial charge is 0.222 e. The lowest BCUT2D eigenvalue weighted by molar-refractivity contribution is -0.128. The SMILES string of the molecule is CN=C(NCc1cccc(CN2CCCC2=O)c1)NC1CCN(Cc2ccsc2)CC1.I. The molecule has 1 aromatic carbocycles. The Hall–Kier alpha value is -1.65. The maximum absolute atomic E-state index is 11.9. The number of aliphatic imine (C=N–C) groups is 1. The normalized spacial score (nSPS) is 18.0. The lowest BCUT2D eigenvalue weighted by Gasteiger charge is -2.33. The fraction of sp³-hybridized carbons (Fsp3) is 0.500. The van der Waals surface area contributed by atoms with Gasteiger partial charge >= 0.3 is 0 Å². The molecule has 2 N–H and O–H groups in total. The third-order valence-corrected chi connectivity index (χ3v) is 6.87. The summed E-state index contributed by atoms with van der Waals surface area (Å²) in [7, 11) is 1.83. The second-order valence-corrected chi connectivity index (χ2v) is 9.27. The van der Waals surface area contributed by atoms with Gasteiger partial charge in [0.05, 0.1) is 0 Å². The summed E-state index contributed by atoms with van der Waals surface area (Å²) in [5, 5.41) is 11.5. The van der Waals surface area contributed by atoms with Crippen LogP contribution in [0.25, 0.3) is 0 Å². The Morgan fingerprint density at radius 1 is 1.12 bits per heavy atom. The van der Waals surface area contributed by atoms with Gasteiger partial charge in [-0.3, -0.25) is 14.7 Å². The Bertz CT molecular complexity index is 880. The van der Waals surface area contributed by atoms with E-state index < -0.39 is 0 Å². The number of guanidine groups is 1. The summed E-state index contributed by atoms with van der Waals surface area (Å²) in [6, 6.07) is 11.2. The number of halogens is 1. The minimum Gasteiger partial charge on any atom is -0.354 e. The highest BCUT2D eigenvalue weighted by Gasteiger charge is 2.21. The summed E-state index contributed by atoms with van der Waals surface area (Å²) in [6.45, 7) is 5.60. The van der Waals surface area contributed by atoms with Crippen LogP contribution >= 0.6 is 35.3 Å². The molecule has 0 bridgehead atoms. The highest BCUT2D eigenvalue weighted by Crippen LogP contribution is 2.17. The van der Waals surface area contributed by atoms with Gasteiger partial charge in [-0.05, 0) is 52.8 Å².